The van der Waals surface area contributed by atoms with Crippen LogP contribution in [0.1, 0.15) is 26.2 Å². The first-order valence-corrected chi connectivity index (χ1v) is 7.31. The molecule has 112 valence electrons. The molecule has 2 unspecified atom stereocenters. The number of para-hydroxylation sites is 1. The monoisotopic (exact) mass is 289 g/mol. The van der Waals surface area contributed by atoms with Gasteiger partial charge < -0.3 is 14.7 Å². The van der Waals surface area contributed by atoms with Gasteiger partial charge in [-0.25, -0.2) is 0 Å². The van der Waals surface area contributed by atoms with E-state index in [-0.39, 0.29) is 11.9 Å². The Balaban J connectivity index is 1.72. The number of benzene rings is 1. The molecule has 0 spiro atoms. The minimum absolute atomic E-state index is 0.0670. The van der Waals surface area contributed by atoms with Crippen LogP contribution in [0.5, 0.6) is 5.75 Å². The van der Waals surface area contributed by atoms with E-state index < -0.39 is 17.5 Å². The van der Waals surface area contributed by atoms with Crippen LogP contribution in [0, 0.1) is 5.92 Å². The summed E-state index contributed by atoms with van der Waals surface area (Å²) < 4.78 is 5.89. The number of carbonyl (C=O) groups is 2. The van der Waals surface area contributed by atoms with E-state index in [0.29, 0.717) is 31.6 Å². The Morgan fingerprint density at radius 3 is 2.48 bits per heavy atom. The van der Waals surface area contributed by atoms with E-state index in [9.17, 15) is 9.59 Å². The van der Waals surface area contributed by atoms with Crippen molar-refractivity contribution in [3.8, 4) is 5.75 Å². The van der Waals surface area contributed by atoms with Crippen LogP contribution >= 0.6 is 0 Å². The maximum absolute atomic E-state index is 12.7. The molecule has 2 aliphatic rings. The summed E-state index contributed by atoms with van der Waals surface area (Å²) in [5.41, 5.74) is -0.775. The lowest BCUT2D eigenvalue weighted by atomic mass is 10.0. The van der Waals surface area contributed by atoms with Crippen molar-refractivity contribution in [3.63, 3.8) is 0 Å². The van der Waals surface area contributed by atoms with Crippen molar-refractivity contribution >= 4 is 11.9 Å². The maximum Gasteiger partial charge on any atom is 0.308 e. The van der Waals surface area contributed by atoms with Crippen molar-refractivity contribution < 1.29 is 19.4 Å². The third-order valence-corrected chi connectivity index (χ3v) is 4.48. The van der Waals surface area contributed by atoms with Gasteiger partial charge in [0.2, 0.25) is 0 Å². The van der Waals surface area contributed by atoms with Crippen LogP contribution in [0.25, 0.3) is 0 Å². The highest BCUT2D eigenvalue weighted by Gasteiger charge is 2.57. The average Bonchev–Trinajstić information content (AvgIpc) is 3.14. The summed E-state index contributed by atoms with van der Waals surface area (Å²) in [6.07, 6.45) is 1.91. The molecule has 21 heavy (non-hydrogen) atoms. The van der Waals surface area contributed by atoms with Gasteiger partial charge in [0.25, 0.3) is 5.91 Å². The molecule has 1 aromatic rings. The Bertz CT molecular complexity index is 553. The first-order valence-electron chi connectivity index (χ1n) is 7.31. The number of aliphatic carboxylic acids is 1. The molecule has 5 nitrogen and oxygen atoms in total. The van der Waals surface area contributed by atoms with E-state index in [1.165, 1.54) is 0 Å². The molecule has 3 rings (SSSR count). The predicted molar refractivity (Wildman–Crippen MR) is 76.0 cm³/mol. The second-order valence-corrected chi connectivity index (χ2v) is 5.88. The van der Waals surface area contributed by atoms with Crippen LogP contribution < -0.4 is 4.74 Å². The van der Waals surface area contributed by atoms with Crippen LogP contribution in [0.3, 0.4) is 0 Å². The molecule has 2 fully saturated rings. The number of nitrogens with zero attached hydrogens (tertiary/aromatic N) is 1. The van der Waals surface area contributed by atoms with Crippen molar-refractivity contribution in [3.05, 3.63) is 30.3 Å². The molecule has 0 bridgehead atoms. The molecule has 1 amide bonds. The summed E-state index contributed by atoms with van der Waals surface area (Å²) in [4.78, 5) is 25.6. The molecule has 1 saturated carbocycles. The molecular weight excluding hydrogens is 270 g/mol. The number of hydrogen-bond acceptors (Lipinski definition) is 3. The molecule has 1 saturated heterocycles. The Morgan fingerprint density at radius 2 is 1.95 bits per heavy atom. The fourth-order valence-electron chi connectivity index (χ4n) is 3.01. The van der Waals surface area contributed by atoms with Crippen LogP contribution in [0.4, 0.5) is 0 Å². The number of likely N-dealkylation sites (tertiary alicyclic amines) is 1. The molecule has 2 atom stereocenters. The predicted octanol–water partition coefficient (Wildman–Crippen LogP) is 1.92. The normalized spacial score (nSPS) is 26.4. The van der Waals surface area contributed by atoms with Gasteiger partial charge in [0.05, 0.1) is 5.92 Å². The molecule has 0 aromatic heterocycles. The summed E-state index contributed by atoms with van der Waals surface area (Å²) >= 11 is 0. The zero-order valence-electron chi connectivity index (χ0n) is 12.0. The first kappa shape index (κ1) is 13.9. The van der Waals surface area contributed by atoms with E-state index in [1.54, 1.807) is 4.90 Å². The lowest BCUT2D eigenvalue weighted by molar-refractivity contribution is -0.145. The quantitative estimate of drug-likeness (QED) is 0.919. The smallest absolute Gasteiger partial charge is 0.308 e. The summed E-state index contributed by atoms with van der Waals surface area (Å²) in [5.74, 6) is -0.680. The molecular formula is C16H19NO4. The molecule has 1 heterocycles. The van der Waals surface area contributed by atoms with E-state index in [4.69, 9.17) is 9.84 Å². The Kier molecular flexibility index (Phi) is 3.35. The zero-order chi connectivity index (χ0) is 15.0. The molecule has 1 aliphatic heterocycles. The highest BCUT2D eigenvalue weighted by molar-refractivity contribution is 5.90. The first-order chi connectivity index (χ1) is 10.0. The van der Waals surface area contributed by atoms with Crippen LogP contribution in [-0.2, 0) is 9.59 Å². The van der Waals surface area contributed by atoms with E-state index in [2.05, 4.69) is 0 Å². The number of carboxylic acids is 1. The van der Waals surface area contributed by atoms with Gasteiger partial charge in [-0.05, 0) is 25.5 Å². The Hall–Kier alpha value is -2.04. The molecule has 0 radical (unpaired) electrons. The standard InChI is InChI=1S/C16H19NO4/c1-11-13(14(18)19)7-10-17(11)15(20)16(8-9-16)21-12-5-3-2-4-6-12/h2-6,11,13H,7-10H2,1H3,(H,18,19). The number of rotatable bonds is 4. The minimum atomic E-state index is -0.827. The number of carboxylic acid groups (broad SMARTS) is 1. The largest absolute Gasteiger partial charge is 0.481 e. The van der Waals surface area contributed by atoms with Gasteiger partial charge in [-0.3, -0.25) is 9.59 Å². The average molecular weight is 289 g/mol. The summed E-state index contributed by atoms with van der Waals surface area (Å²) in [7, 11) is 0. The summed E-state index contributed by atoms with van der Waals surface area (Å²) in [6.45, 7) is 2.30. The number of hydrogen-bond donors (Lipinski definition) is 1. The summed E-state index contributed by atoms with van der Waals surface area (Å²) in [6, 6.07) is 9.03. The molecule has 5 heteroatoms. The van der Waals surface area contributed by atoms with Gasteiger partial charge in [-0.1, -0.05) is 18.2 Å². The number of ether oxygens (including phenoxy) is 1. The SMILES string of the molecule is CC1C(C(=O)O)CCN1C(=O)C1(Oc2ccccc2)CC1. The van der Waals surface area contributed by atoms with Gasteiger partial charge in [-0.15, -0.1) is 0 Å². The zero-order valence-corrected chi connectivity index (χ0v) is 12.0. The fourth-order valence-corrected chi connectivity index (χ4v) is 3.01. The third kappa shape index (κ3) is 2.48. The molecule has 1 N–H and O–H groups in total. The van der Waals surface area contributed by atoms with Gasteiger partial charge in [0, 0.05) is 25.4 Å². The van der Waals surface area contributed by atoms with E-state index >= 15 is 0 Å². The van der Waals surface area contributed by atoms with Crippen molar-refractivity contribution in [2.75, 3.05) is 6.54 Å². The van der Waals surface area contributed by atoms with Crippen LogP contribution in [0.15, 0.2) is 30.3 Å². The lowest BCUT2D eigenvalue weighted by Crippen LogP contribution is -2.46. The minimum Gasteiger partial charge on any atom is -0.481 e. The van der Waals surface area contributed by atoms with Crippen molar-refractivity contribution in [1.82, 2.24) is 4.90 Å². The van der Waals surface area contributed by atoms with Crippen LogP contribution in [0.2, 0.25) is 0 Å². The van der Waals surface area contributed by atoms with Crippen molar-refractivity contribution in [2.24, 2.45) is 5.92 Å². The van der Waals surface area contributed by atoms with Gasteiger partial charge >= 0.3 is 5.97 Å². The van der Waals surface area contributed by atoms with Crippen molar-refractivity contribution in [2.45, 2.75) is 37.8 Å². The Morgan fingerprint density at radius 1 is 1.29 bits per heavy atom. The topological polar surface area (TPSA) is 66.8 Å². The third-order valence-electron chi connectivity index (χ3n) is 4.48. The lowest BCUT2D eigenvalue weighted by Gasteiger charge is -2.28. The van der Waals surface area contributed by atoms with Crippen LogP contribution in [-0.4, -0.2) is 40.1 Å². The second kappa shape index (κ2) is 5.06. The van der Waals surface area contributed by atoms with Gasteiger partial charge in [-0.2, -0.15) is 0 Å². The van der Waals surface area contributed by atoms with Crippen molar-refractivity contribution in [1.29, 1.82) is 0 Å². The highest BCUT2D eigenvalue weighted by Crippen LogP contribution is 2.43. The summed E-state index contributed by atoms with van der Waals surface area (Å²) in [5, 5.41) is 9.17. The molecule has 1 aliphatic carbocycles. The highest BCUT2D eigenvalue weighted by atomic mass is 16.5. The number of carbonyl (C=O) groups excluding carboxylic acids is 1. The van der Waals surface area contributed by atoms with Gasteiger partial charge in [0.1, 0.15) is 5.75 Å². The van der Waals surface area contributed by atoms with E-state index in [1.807, 2.05) is 37.3 Å². The van der Waals surface area contributed by atoms with Gasteiger partial charge in [0.15, 0.2) is 5.60 Å². The maximum atomic E-state index is 12.7. The Labute approximate surface area is 123 Å². The fraction of sp³-hybridized carbons (Fsp3) is 0.500. The number of amides is 1. The van der Waals surface area contributed by atoms with E-state index in [0.717, 1.165) is 0 Å². The molecule has 1 aromatic carbocycles. The second-order valence-electron chi connectivity index (χ2n) is 5.88.